The highest BCUT2D eigenvalue weighted by Gasteiger charge is 2.30. The number of Topliss-reactive ketones (excluding diaryl/α,β-unsaturated/α-hetero) is 1. The first-order valence-corrected chi connectivity index (χ1v) is 10.5. The van der Waals surface area contributed by atoms with Crippen LogP contribution in [0.1, 0.15) is 25.3 Å². The molecule has 2 rings (SSSR count). The Kier molecular flexibility index (Phi) is 10.0. The van der Waals surface area contributed by atoms with Crippen molar-refractivity contribution in [3.05, 3.63) is 36.0 Å². The van der Waals surface area contributed by atoms with E-state index in [1.807, 2.05) is 24.3 Å². The van der Waals surface area contributed by atoms with Gasteiger partial charge in [-0.25, -0.2) is 13.6 Å². The number of alkyl halides is 2. The number of aromatic amines is 1. The predicted molar refractivity (Wildman–Crippen MR) is 117 cm³/mol. The molecule has 1 heterocycles. The van der Waals surface area contributed by atoms with Gasteiger partial charge in [0.1, 0.15) is 25.4 Å². The lowest BCUT2D eigenvalue weighted by Crippen LogP contribution is -2.53. The summed E-state index contributed by atoms with van der Waals surface area (Å²) in [6.07, 6.45) is 0.318. The van der Waals surface area contributed by atoms with E-state index in [1.165, 1.54) is 6.92 Å². The number of para-hydroxylation sites is 1. The molecule has 2 atom stereocenters. The third-order valence-corrected chi connectivity index (χ3v) is 4.91. The number of rotatable bonds is 13. The van der Waals surface area contributed by atoms with E-state index < -0.39 is 55.1 Å². The first-order valence-electron chi connectivity index (χ1n) is 10.5. The molecule has 4 N–H and O–H groups in total. The lowest BCUT2D eigenvalue weighted by molar-refractivity contribution is -0.155. The maximum absolute atomic E-state index is 13.0. The number of carbonyl (C=O) groups excluding carboxylic acids is 4. The van der Waals surface area contributed by atoms with Crippen molar-refractivity contribution in [2.45, 2.75) is 44.4 Å². The van der Waals surface area contributed by atoms with Gasteiger partial charge in [0.2, 0.25) is 17.6 Å². The van der Waals surface area contributed by atoms with Gasteiger partial charge < -0.3 is 20.4 Å². The van der Waals surface area contributed by atoms with Gasteiger partial charge in [0.15, 0.2) is 6.10 Å². The lowest BCUT2D eigenvalue weighted by Gasteiger charge is -2.23. The van der Waals surface area contributed by atoms with Gasteiger partial charge in [-0.2, -0.15) is 0 Å². The SMILES string of the molecule is CC(=O)N[C@@H](Cc1c[nH]c2ccccc12)C(=O)N[C@@H](CCC(=O)C=[N+]=N)C(=O)OC(CF)CF. The Bertz CT molecular complexity index is 1080. The fourth-order valence-corrected chi connectivity index (χ4v) is 3.27. The van der Waals surface area contributed by atoms with E-state index >= 15 is 0 Å². The Hall–Kier alpha value is -3.92. The molecule has 1 aromatic heterocycles. The minimum Gasteiger partial charge on any atom is -0.455 e. The van der Waals surface area contributed by atoms with Crippen LogP contribution in [0.15, 0.2) is 30.5 Å². The molecular weight excluding hydrogens is 452 g/mol. The number of H-pyrrole nitrogens is 1. The van der Waals surface area contributed by atoms with Crippen LogP contribution in [-0.2, 0) is 30.3 Å². The average molecular weight is 478 g/mol. The van der Waals surface area contributed by atoms with Crippen molar-refractivity contribution in [3.63, 3.8) is 0 Å². The predicted octanol–water partition coefficient (Wildman–Crippen LogP) is 1.21. The first-order chi connectivity index (χ1) is 16.3. The van der Waals surface area contributed by atoms with Crippen molar-refractivity contribution in [2.24, 2.45) is 0 Å². The highest BCUT2D eigenvalue weighted by Crippen LogP contribution is 2.19. The van der Waals surface area contributed by atoms with Crippen LogP contribution in [0.5, 0.6) is 0 Å². The molecule has 0 bridgehead atoms. The molecule has 0 saturated carbocycles. The molecule has 0 aliphatic rings. The standard InChI is InChI=1S/C22H25F2N5O5/c1-13(30)28-20(8-14-11-26-18-5-3-2-4-17(14)18)21(32)29-19(7-6-15(31)12-27-25)22(33)34-16(9-23)10-24/h2-5,11-12,16,19-20,25-26H,6-10H2,1H3,(H-,28,29,30,32)/p+1/t19-,20-/m0/s1. The Balaban J connectivity index is 2.22. The van der Waals surface area contributed by atoms with Gasteiger partial charge in [-0.3, -0.25) is 14.4 Å². The minimum absolute atomic E-state index is 0.0826. The van der Waals surface area contributed by atoms with E-state index in [0.717, 1.165) is 22.7 Å². The van der Waals surface area contributed by atoms with Gasteiger partial charge >= 0.3 is 12.2 Å². The van der Waals surface area contributed by atoms with E-state index in [0.29, 0.717) is 0 Å². The van der Waals surface area contributed by atoms with Gasteiger partial charge in [-0.05, 0) is 18.1 Å². The molecule has 0 radical (unpaired) electrons. The summed E-state index contributed by atoms with van der Waals surface area (Å²) in [5.41, 5.74) is 8.26. The van der Waals surface area contributed by atoms with Crippen molar-refractivity contribution >= 4 is 40.7 Å². The number of halogens is 2. The van der Waals surface area contributed by atoms with Crippen LogP contribution in [0.4, 0.5) is 8.78 Å². The summed E-state index contributed by atoms with van der Waals surface area (Å²) in [6.45, 7) is -1.29. The van der Waals surface area contributed by atoms with E-state index in [2.05, 4.69) is 20.4 Å². The number of amides is 2. The molecule has 34 heavy (non-hydrogen) atoms. The third kappa shape index (κ3) is 7.59. The number of fused-ring (bicyclic) bond motifs is 1. The number of ether oxygens (including phenoxy) is 1. The molecule has 0 aliphatic heterocycles. The highest BCUT2D eigenvalue weighted by molar-refractivity contribution is 6.25. The summed E-state index contributed by atoms with van der Waals surface area (Å²) in [5, 5.41) is 5.78. The minimum atomic E-state index is -1.64. The van der Waals surface area contributed by atoms with Crippen LogP contribution in [0.2, 0.25) is 0 Å². The third-order valence-electron chi connectivity index (χ3n) is 4.91. The number of hydrogen-bond donors (Lipinski definition) is 4. The number of aromatic nitrogens is 1. The Morgan fingerprint density at radius 1 is 1.15 bits per heavy atom. The summed E-state index contributed by atoms with van der Waals surface area (Å²) in [7, 11) is 0. The van der Waals surface area contributed by atoms with Crippen molar-refractivity contribution < 1.29 is 37.5 Å². The number of esters is 1. The number of ketones is 1. The topological polar surface area (TPSA) is 155 Å². The van der Waals surface area contributed by atoms with Crippen molar-refractivity contribution in [1.82, 2.24) is 15.6 Å². The number of nitrogens with zero attached hydrogens (tertiary/aromatic N) is 1. The quantitative estimate of drug-likeness (QED) is 0.147. The molecule has 0 unspecified atom stereocenters. The number of carbonyl (C=O) groups is 4. The van der Waals surface area contributed by atoms with Crippen LogP contribution in [0, 0.1) is 5.53 Å². The van der Waals surface area contributed by atoms with Crippen molar-refractivity contribution in [3.8, 4) is 0 Å². The normalized spacial score (nSPS) is 12.5. The van der Waals surface area contributed by atoms with Crippen molar-refractivity contribution in [1.29, 1.82) is 5.53 Å². The second-order valence-corrected chi connectivity index (χ2v) is 7.51. The molecule has 0 aliphatic carbocycles. The Morgan fingerprint density at radius 3 is 2.50 bits per heavy atom. The average Bonchev–Trinajstić information content (AvgIpc) is 3.22. The van der Waals surface area contributed by atoms with Gasteiger partial charge in [0.25, 0.3) is 0 Å². The summed E-state index contributed by atoms with van der Waals surface area (Å²) >= 11 is 0. The molecule has 0 spiro atoms. The lowest BCUT2D eigenvalue weighted by atomic mass is 10.0. The molecule has 10 nitrogen and oxygen atoms in total. The summed E-state index contributed by atoms with van der Waals surface area (Å²) in [4.78, 5) is 54.8. The first kappa shape index (κ1) is 26.3. The Morgan fingerprint density at radius 2 is 1.85 bits per heavy atom. The number of benzene rings is 1. The zero-order valence-corrected chi connectivity index (χ0v) is 18.5. The molecule has 2 amide bonds. The largest absolute Gasteiger partial charge is 0.455 e. The second-order valence-electron chi connectivity index (χ2n) is 7.51. The second kappa shape index (κ2) is 12.9. The van der Waals surface area contributed by atoms with E-state index in [9.17, 15) is 28.0 Å². The molecular formula is C22H26F2N5O5+. The van der Waals surface area contributed by atoms with E-state index in [1.54, 1.807) is 6.20 Å². The van der Waals surface area contributed by atoms with Crippen LogP contribution in [0.3, 0.4) is 0 Å². The molecule has 2 aromatic rings. The molecule has 1 aromatic carbocycles. The van der Waals surface area contributed by atoms with E-state index in [-0.39, 0.29) is 19.3 Å². The zero-order valence-electron chi connectivity index (χ0n) is 18.5. The summed E-state index contributed by atoms with van der Waals surface area (Å²) in [5.74, 6) is -2.96. The van der Waals surface area contributed by atoms with Crippen LogP contribution < -0.4 is 10.6 Å². The zero-order chi connectivity index (χ0) is 25.1. The van der Waals surface area contributed by atoms with Gasteiger partial charge in [-0.15, -0.1) is 0 Å². The summed E-state index contributed by atoms with van der Waals surface area (Å²) in [6, 6.07) is 4.85. The summed E-state index contributed by atoms with van der Waals surface area (Å²) < 4.78 is 30.4. The molecule has 182 valence electrons. The van der Waals surface area contributed by atoms with Gasteiger partial charge in [0, 0.05) is 36.9 Å². The number of hydrogen-bond acceptors (Lipinski definition) is 6. The fraction of sp³-hybridized carbons (Fsp3) is 0.409. The molecule has 0 fully saturated rings. The van der Waals surface area contributed by atoms with Gasteiger partial charge in [-0.1, -0.05) is 18.2 Å². The molecule has 12 heteroatoms. The van der Waals surface area contributed by atoms with Crippen LogP contribution >= 0.6 is 0 Å². The van der Waals surface area contributed by atoms with Crippen molar-refractivity contribution in [2.75, 3.05) is 13.3 Å². The fourth-order valence-electron chi connectivity index (χ4n) is 3.27. The van der Waals surface area contributed by atoms with E-state index in [4.69, 9.17) is 10.3 Å². The monoisotopic (exact) mass is 478 g/mol. The molecule has 0 saturated heterocycles. The maximum Gasteiger partial charge on any atom is 0.372 e. The van der Waals surface area contributed by atoms with Crippen LogP contribution in [0.25, 0.3) is 10.9 Å². The van der Waals surface area contributed by atoms with Crippen LogP contribution in [-0.4, -0.2) is 71.1 Å². The Labute approximate surface area is 193 Å². The number of nitrogens with one attached hydrogen (secondary N) is 4. The van der Waals surface area contributed by atoms with Gasteiger partial charge in [0.05, 0.1) is 10.3 Å². The maximum atomic E-state index is 13.0. The highest BCUT2D eigenvalue weighted by atomic mass is 19.1. The smallest absolute Gasteiger partial charge is 0.372 e.